The summed E-state index contributed by atoms with van der Waals surface area (Å²) in [5.41, 5.74) is 2.28. The minimum atomic E-state index is -0.246. The molecule has 1 fully saturated rings. The largest absolute Gasteiger partial charge is 0.494 e. The van der Waals surface area contributed by atoms with Gasteiger partial charge in [0.1, 0.15) is 11.5 Å². The van der Waals surface area contributed by atoms with Crippen LogP contribution < -0.4 is 19.7 Å². The Labute approximate surface area is 187 Å². The SMILES string of the molecule is CCOc1ccc(OCC(=O)Nc2cccc(-c3ccc(N4CCOCC4)nn3)c2)cc1. The number of nitrogens with zero attached hydrogens (tertiary/aromatic N) is 3. The molecule has 4 rings (SSSR count). The van der Waals surface area contributed by atoms with E-state index in [0.717, 1.165) is 35.9 Å². The van der Waals surface area contributed by atoms with Gasteiger partial charge in [0.15, 0.2) is 12.4 Å². The van der Waals surface area contributed by atoms with E-state index in [0.29, 0.717) is 31.3 Å². The van der Waals surface area contributed by atoms with Gasteiger partial charge < -0.3 is 24.4 Å². The molecule has 2 heterocycles. The standard InChI is InChI=1S/C24H26N4O4/c1-2-31-20-6-8-21(9-7-20)32-17-24(29)25-19-5-3-4-18(16-19)22-10-11-23(27-26-22)28-12-14-30-15-13-28/h3-11,16H,2,12-15,17H2,1H3,(H,25,29). The van der Waals surface area contributed by atoms with Crippen molar-refractivity contribution in [3.63, 3.8) is 0 Å². The van der Waals surface area contributed by atoms with Crippen LogP contribution in [0.5, 0.6) is 11.5 Å². The van der Waals surface area contributed by atoms with E-state index in [-0.39, 0.29) is 12.5 Å². The highest BCUT2D eigenvalue weighted by Crippen LogP contribution is 2.22. The normalized spacial score (nSPS) is 13.5. The second-order valence-corrected chi connectivity index (χ2v) is 7.20. The van der Waals surface area contributed by atoms with Gasteiger partial charge in [0, 0.05) is 24.3 Å². The maximum Gasteiger partial charge on any atom is 0.262 e. The van der Waals surface area contributed by atoms with Crippen LogP contribution in [0.15, 0.2) is 60.7 Å². The molecule has 0 radical (unpaired) electrons. The van der Waals surface area contributed by atoms with Crippen molar-refractivity contribution in [3.8, 4) is 22.8 Å². The van der Waals surface area contributed by atoms with Gasteiger partial charge in [-0.15, -0.1) is 10.2 Å². The summed E-state index contributed by atoms with van der Waals surface area (Å²) in [6.07, 6.45) is 0. The predicted molar refractivity (Wildman–Crippen MR) is 122 cm³/mol. The third kappa shape index (κ3) is 5.73. The number of anilines is 2. The number of hydrogen-bond donors (Lipinski definition) is 1. The van der Waals surface area contributed by atoms with E-state index in [1.807, 2.05) is 55.5 Å². The lowest BCUT2D eigenvalue weighted by Crippen LogP contribution is -2.36. The predicted octanol–water partition coefficient (Wildman–Crippen LogP) is 3.40. The molecule has 0 unspecified atom stereocenters. The van der Waals surface area contributed by atoms with Gasteiger partial charge in [0.2, 0.25) is 0 Å². The van der Waals surface area contributed by atoms with E-state index in [2.05, 4.69) is 20.4 Å². The van der Waals surface area contributed by atoms with E-state index < -0.39 is 0 Å². The average Bonchev–Trinajstić information content (AvgIpc) is 2.85. The van der Waals surface area contributed by atoms with Crippen LogP contribution in [0.25, 0.3) is 11.3 Å². The molecule has 32 heavy (non-hydrogen) atoms. The molecule has 1 saturated heterocycles. The van der Waals surface area contributed by atoms with Crippen molar-refractivity contribution < 1.29 is 19.0 Å². The van der Waals surface area contributed by atoms with Gasteiger partial charge in [-0.2, -0.15) is 0 Å². The Morgan fingerprint density at radius 3 is 2.44 bits per heavy atom. The molecule has 3 aromatic rings. The van der Waals surface area contributed by atoms with E-state index in [1.54, 1.807) is 12.1 Å². The highest BCUT2D eigenvalue weighted by Gasteiger charge is 2.13. The molecule has 0 atom stereocenters. The first-order chi connectivity index (χ1) is 15.7. The van der Waals surface area contributed by atoms with Crippen LogP contribution in [0.1, 0.15) is 6.92 Å². The molecule has 0 spiro atoms. The summed E-state index contributed by atoms with van der Waals surface area (Å²) in [7, 11) is 0. The van der Waals surface area contributed by atoms with Crippen molar-refractivity contribution in [2.75, 3.05) is 49.7 Å². The smallest absolute Gasteiger partial charge is 0.262 e. The van der Waals surface area contributed by atoms with Gasteiger partial charge in [-0.1, -0.05) is 12.1 Å². The summed E-state index contributed by atoms with van der Waals surface area (Å²) in [6.45, 7) is 5.47. The lowest BCUT2D eigenvalue weighted by molar-refractivity contribution is -0.118. The zero-order valence-electron chi connectivity index (χ0n) is 18.0. The van der Waals surface area contributed by atoms with Crippen LogP contribution in [0.3, 0.4) is 0 Å². The van der Waals surface area contributed by atoms with E-state index in [9.17, 15) is 4.79 Å². The lowest BCUT2D eigenvalue weighted by Gasteiger charge is -2.27. The van der Waals surface area contributed by atoms with Gasteiger partial charge in [-0.3, -0.25) is 4.79 Å². The van der Waals surface area contributed by atoms with Crippen molar-refractivity contribution in [2.45, 2.75) is 6.92 Å². The summed E-state index contributed by atoms with van der Waals surface area (Å²) in [4.78, 5) is 14.5. The Morgan fingerprint density at radius 2 is 1.75 bits per heavy atom. The van der Waals surface area contributed by atoms with E-state index in [4.69, 9.17) is 14.2 Å². The molecule has 0 saturated carbocycles. The molecule has 1 amide bonds. The summed E-state index contributed by atoms with van der Waals surface area (Å²) < 4.78 is 16.3. The van der Waals surface area contributed by atoms with Gasteiger partial charge >= 0.3 is 0 Å². The fourth-order valence-electron chi connectivity index (χ4n) is 3.34. The summed E-state index contributed by atoms with van der Waals surface area (Å²) in [6, 6.07) is 18.6. The number of aromatic nitrogens is 2. The molecule has 1 N–H and O–H groups in total. The van der Waals surface area contributed by atoms with Crippen LogP contribution >= 0.6 is 0 Å². The first kappa shape index (κ1) is 21.6. The third-order valence-electron chi connectivity index (χ3n) is 4.93. The second kappa shape index (κ2) is 10.6. The monoisotopic (exact) mass is 434 g/mol. The van der Waals surface area contributed by atoms with Crippen molar-refractivity contribution in [1.82, 2.24) is 10.2 Å². The van der Waals surface area contributed by atoms with Crippen LogP contribution in [-0.2, 0) is 9.53 Å². The van der Waals surface area contributed by atoms with Gasteiger partial charge in [-0.25, -0.2) is 0 Å². The van der Waals surface area contributed by atoms with E-state index >= 15 is 0 Å². The summed E-state index contributed by atoms with van der Waals surface area (Å²) in [5, 5.41) is 11.6. The highest BCUT2D eigenvalue weighted by molar-refractivity contribution is 5.92. The average molecular weight is 434 g/mol. The third-order valence-corrected chi connectivity index (χ3v) is 4.93. The topological polar surface area (TPSA) is 85.8 Å². The number of carbonyl (C=O) groups is 1. The van der Waals surface area contributed by atoms with Gasteiger partial charge in [0.25, 0.3) is 5.91 Å². The number of rotatable bonds is 8. The summed E-state index contributed by atoms with van der Waals surface area (Å²) in [5.74, 6) is 1.97. The van der Waals surface area contributed by atoms with Crippen LogP contribution in [0.2, 0.25) is 0 Å². The zero-order chi connectivity index (χ0) is 22.2. The molecule has 2 aromatic carbocycles. The molecule has 8 nitrogen and oxygen atoms in total. The number of ether oxygens (including phenoxy) is 3. The Morgan fingerprint density at radius 1 is 1.00 bits per heavy atom. The molecule has 8 heteroatoms. The minimum Gasteiger partial charge on any atom is -0.494 e. The van der Waals surface area contributed by atoms with E-state index in [1.165, 1.54) is 0 Å². The Hall–Kier alpha value is -3.65. The van der Waals surface area contributed by atoms with Crippen molar-refractivity contribution in [2.24, 2.45) is 0 Å². The molecule has 0 aliphatic carbocycles. The Balaban J connectivity index is 1.33. The van der Waals surface area contributed by atoms with Crippen LogP contribution in [0.4, 0.5) is 11.5 Å². The zero-order valence-corrected chi connectivity index (χ0v) is 18.0. The van der Waals surface area contributed by atoms with Crippen molar-refractivity contribution >= 4 is 17.4 Å². The van der Waals surface area contributed by atoms with Crippen molar-refractivity contribution in [3.05, 3.63) is 60.7 Å². The van der Waals surface area contributed by atoms with Crippen LogP contribution in [-0.4, -0.2) is 55.6 Å². The molecule has 166 valence electrons. The fraction of sp³-hybridized carbons (Fsp3) is 0.292. The maximum atomic E-state index is 12.3. The minimum absolute atomic E-state index is 0.0910. The molecular weight excluding hydrogens is 408 g/mol. The number of amides is 1. The number of carbonyl (C=O) groups excluding carboxylic acids is 1. The number of hydrogen-bond acceptors (Lipinski definition) is 7. The highest BCUT2D eigenvalue weighted by atomic mass is 16.5. The lowest BCUT2D eigenvalue weighted by atomic mass is 10.1. The second-order valence-electron chi connectivity index (χ2n) is 7.20. The molecule has 1 aromatic heterocycles. The Kier molecular flexibility index (Phi) is 7.14. The first-order valence-electron chi connectivity index (χ1n) is 10.6. The number of morpholine rings is 1. The van der Waals surface area contributed by atoms with Crippen molar-refractivity contribution in [1.29, 1.82) is 0 Å². The van der Waals surface area contributed by atoms with Gasteiger partial charge in [0.05, 0.1) is 25.5 Å². The van der Waals surface area contributed by atoms with Gasteiger partial charge in [-0.05, 0) is 55.5 Å². The first-order valence-corrected chi connectivity index (χ1v) is 10.6. The quantitative estimate of drug-likeness (QED) is 0.582. The van der Waals surface area contributed by atoms with Crippen LogP contribution in [0, 0.1) is 0 Å². The molecular formula is C24H26N4O4. The number of nitrogens with one attached hydrogen (secondary N) is 1. The summed E-state index contributed by atoms with van der Waals surface area (Å²) >= 11 is 0. The fourth-order valence-corrected chi connectivity index (χ4v) is 3.34. The molecule has 1 aliphatic rings. The number of benzene rings is 2. The molecule has 1 aliphatic heterocycles. The maximum absolute atomic E-state index is 12.3. The Bertz CT molecular complexity index is 1020. The molecule has 0 bridgehead atoms.